The maximum atomic E-state index is 11.6. The van der Waals surface area contributed by atoms with Crippen LogP contribution in [0.3, 0.4) is 0 Å². The van der Waals surface area contributed by atoms with Gasteiger partial charge in [0.05, 0.1) is 6.42 Å². The molecule has 0 spiro atoms. The van der Waals surface area contributed by atoms with Crippen molar-refractivity contribution in [1.82, 2.24) is 0 Å². The van der Waals surface area contributed by atoms with Gasteiger partial charge in [-0.3, -0.25) is 9.59 Å². The van der Waals surface area contributed by atoms with E-state index in [0.717, 1.165) is 23.6 Å². The van der Waals surface area contributed by atoms with E-state index in [9.17, 15) is 9.59 Å². The summed E-state index contributed by atoms with van der Waals surface area (Å²) in [7, 11) is 0. The smallest absolute Gasteiger partial charge is 0.307 e. The molecule has 0 bridgehead atoms. The fraction of sp³-hybridized carbons (Fsp3) is 0.429. The first-order valence-electron chi connectivity index (χ1n) is 6.24. The maximum Gasteiger partial charge on any atom is 0.307 e. The van der Waals surface area contributed by atoms with Crippen molar-refractivity contribution in [1.29, 1.82) is 0 Å². The number of carboxylic acids is 1. The second kappa shape index (κ2) is 5.67. The highest BCUT2D eigenvalue weighted by Crippen LogP contribution is 2.33. The molecule has 4 nitrogen and oxygen atoms in total. The van der Waals surface area contributed by atoms with Crippen molar-refractivity contribution in [3.05, 3.63) is 29.8 Å². The number of amides is 1. The minimum Gasteiger partial charge on any atom is -0.481 e. The highest BCUT2D eigenvalue weighted by molar-refractivity contribution is 5.90. The average molecular weight is 247 g/mol. The van der Waals surface area contributed by atoms with E-state index >= 15 is 0 Å². The first kappa shape index (κ1) is 12.6. The fourth-order valence-electron chi connectivity index (χ4n) is 1.85. The second-order valence-corrected chi connectivity index (χ2v) is 4.80. The molecule has 1 aliphatic carbocycles. The lowest BCUT2D eigenvalue weighted by Crippen LogP contribution is -2.11. The van der Waals surface area contributed by atoms with E-state index in [1.54, 1.807) is 24.3 Å². The summed E-state index contributed by atoms with van der Waals surface area (Å²) in [6, 6.07) is 6.94. The van der Waals surface area contributed by atoms with Crippen molar-refractivity contribution >= 4 is 17.6 Å². The van der Waals surface area contributed by atoms with Gasteiger partial charge in [0.1, 0.15) is 0 Å². The minimum atomic E-state index is -0.851. The van der Waals surface area contributed by atoms with Crippen LogP contribution in [-0.2, 0) is 16.0 Å². The summed E-state index contributed by atoms with van der Waals surface area (Å²) in [5.41, 5.74) is 1.46. The Balaban J connectivity index is 1.80. The van der Waals surface area contributed by atoms with Gasteiger partial charge in [-0.05, 0) is 30.0 Å². The molecule has 2 rings (SSSR count). The molecule has 0 atom stereocenters. The first-order chi connectivity index (χ1) is 8.63. The van der Waals surface area contributed by atoms with Crippen LogP contribution in [0.15, 0.2) is 24.3 Å². The molecule has 4 heteroatoms. The van der Waals surface area contributed by atoms with Gasteiger partial charge in [0.25, 0.3) is 0 Å². The van der Waals surface area contributed by atoms with Crippen LogP contribution in [-0.4, -0.2) is 17.0 Å². The van der Waals surface area contributed by atoms with Crippen LogP contribution in [0.4, 0.5) is 5.69 Å². The Hall–Kier alpha value is -1.84. The van der Waals surface area contributed by atoms with Crippen molar-refractivity contribution in [3.8, 4) is 0 Å². The molecule has 1 aromatic rings. The molecule has 96 valence electrons. The first-order valence-corrected chi connectivity index (χ1v) is 6.24. The molecule has 1 aromatic carbocycles. The number of carbonyl (C=O) groups is 2. The van der Waals surface area contributed by atoms with Crippen molar-refractivity contribution in [2.45, 2.75) is 32.1 Å². The number of rotatable bonds is 6. The Morgan fingerprint density at radius 1 is 1.22 bits per heavy atom. The van der Waals surface area contributed by atoms with E-state index in [-0.39, 0.29) is 12.3 Å². The summed E-state index contributed by atoms with van der Waals surface area (Å²) < 4.78 is 0. The molecule has 1 aliphatic rings. The quantitative estimate of drug-likeness (QED) is 0.811. The zero-order valence-corrected chi connectivity index (χ0v) is 10.2. The van der Waals surface area contributed by atoms with Gasteiger partial charge in [-0.25, -0.2) is 0 Å². The highest BCUT2D eigenvalue weighted by Gasteiger charge is 2.21. The van der Waals surface area contributed by atoms with Crippen LogP contribution < -0.4 is 5.32 Å². The SMILES string of the molecule is O=C(O)Cc1ccc(NC(=O)CCC2CC2)cc1. The van der Waals surface area contributed by atoms with Crippen LogP contribution in [0.1, 0.15) is 31.2 Å². The normalized spacial score (nSPS) is 14.2. The molecule has 0 saturated heterocycles. The zero-order chi connectivity index (χ0) is 13.0. The molecule has 1 amide bonds. The molecule has 0 radical (unpaired) electrons. The Morgan fingerprint density at radius 3 is 2.44 bits per heavy atom. The molecular weight excluding hydrogens is 230 g/mol. The molecule has 1 fully saturated rings. The Morgan fingerprint density at radius 2 is 1.89 bits per heavy atom. The molecule has 0 aromatic heterocycles. The molecule has 0 aliphatic heterocycles. The predicted octanol–water partition coefficient (Wildman–Crippen LogP) is 2.44. The summed E-state index contributed by atoms with van der Waals surface area (Å²) in [6.07, 6.45) is 4.08. The van der Waals surface area contributed by atoms with Gasteiger partial charge in [-0.2, -0.15) is 0 Å². The summed E-state index contributed by atoms with van der Waals surface area (Å²) in [6.45, 7) is 0. The lowest BCUT2D eigenvalue weighted by Gasteiger charge is -2.05. The van der Waals surface area contributed by atoms with E-state index in [2.05, 4.69) is 5.32 Å². The zero-order valence-electron chi connectivity index (χ0n) is 10.2. The molecule has 0 unspecified atom stereocenters. The minimum absolute atomic E-state index is 0.00983. The summed E-state index contributed by atoms with van der Waals surface area (Å²) in [5.74, 6) is -0.0576. The summed E-state index contributed by atoms with van der Waals surface area (Å²) >= 11 is 0. The van der Waals surface area contributed by atoms with Gasteiger partial charge in [-0.15, -0.1) is 0 Å². The molecule has 2 N–H and O–H groups in total. The number of anilines is 1. The van der Waals surface area contributed by atoms with Gasteiger partial charge in [0, 0.05) is 12.1 Å². The number of benzene rings is 1. The van der Waals surface area contributed by atoms with E-state index in [0.29, 0.717) is 6.42 Å². The van der Waals surface area contributed by atoms with E-state index in [4.69, 9.17) is 5.11 Å². The van der Waals surface area contributed by atoms with Gasteiger partial charge < -0.3 is 10.4 Å². The van der Waals surface area contributed by atoms with Crippen LogP contribution in [0.5, 0.6) is 0 Å². The van der Waals surface area contributed by atoms with Crippen LogP contribution in [0.25, 0.3) is 0 Å². The number of aliphatic carboxylic acids is 1. The van der Waals surface area contributed by atoms with Gasteiger partial charge in [-0.1, -0.05) is 25.0 Å². The average Bonchev–Trinajstić information content (AvgIpc) is 3.12. The third-order valence-electron chi connectivity index (χ3n) is 3.07. The predicted molar refractivity (Wildman–Crippen MR) is 68.4 cm³/mol. The lowest BCUT2D eigenvalue weighted by atomic mass is 10.1. The summed E-state index contributed by atoms with van der Waals surface area (Å²) in [5, 5.41) is 11.5. The number of nitrogens with one attached hydrogen (secondary N) is 1. The number of hydrogen-bond donors (Lipinski definition) is 2. The Kier molecular flexibility index (Phi) is 3.97. The van der Waals surface area contributed by atoms with Gasteiger partial charge >= 0.3 is 5.97 Å². The molecule has 1 saturated carbocycles. The lowest BCUT2D eigenvalue weighted by molar-refractivity contribution is -0.136. The van der Waals surface area contributed by atoms with Crippen molar-refractivity contribution in [3.63, 3.8) is 0 Å². The van der Waals surface area contributed by atoms with Gasteiger partial charge in [0.2, 0.25) is 5.91 Å². The maximum absolute atomic E-state index is 11.6. The molecular formula is C14H17NO3. The standard InChI is InChI=1S/C14H17NO3/c16-13(8-5-10-1-2-10)15-12-6-3-11(4-7-12)9-14(17)18/h3-4,6-7,10H,1-2,5,8-9H2,(H,15,16)(H,17,18). The van der Waals surface area contributed by atoms with Crippen molar-refractivity contribution < 1.29 is 14.7 Å². The van der Waals surface area contributed by atoms with Crippen molar-refractivity contribution in [2.75, 3.05) is 5.32 Å². The number of carbonyl (C=O) groups excluding carboxylic acids is 1. The van der Waals surface area contributed by atoms with Gasteiger partial charge in [0.15, 0.2) is 0 Å². The highest BCUT2D eigenvalue weighted by atomic mass is 16.4. The molecule has 18 heavy (non-hydrogen) atoms. The Labute approximate surface area is 106 Å². The third kappa shape index (κ3) is 4.20. The summed E-state index contributed by atoms with van der Waals surface area (Å²) in [4.78, 5) is 22.1. The second-order valence-electron chi connectivity index (χ2n) is 4.80. The molecule has 0 heterocycles. The number of carboxylic acid groups (broad SMARTS) is 1. The monoisotopic (exact) mass is 247 g/mol. The van der Waals surface area contributed by atoms with E-state index < -0.39 is 5.97 Å². The van der Waals surface area contributed by atoms with Crippen LogP contribution >= 0.6 is 0 Å². The van der Waals surface area contributed by atoms with Crippen molar-refractivity contribution in [2.24, 2.45) is 5.92 Å². The topological polar surface area (TPSA) is 66.4 Å². The van der Waals surface area contributed by atoms with Crippen LogP contribution in [0.2, 0.25) is 0 Å². The third-order valence-corrected chi connectivity index (χ3v) is 3.07. The fourth-order valence-corrected chi connectivity index (χ4v) is 1.85. The largest absolute Gasteiger partial charge is 0.481 e. The number of hydrogen-bond acceptors (Lipinski definition) is 2. The van der Waals surface area contributed by atoms with E-state index in [1.807, 2.05) is 0 Å². The Bertz CT molecular complexity index is 435. The van der Waals surface area contributed by atoms with Crippen LogP contribution in [0, 0.1) is 5.92 Å². The van der Waals surface area contributed by atoms with E-state index in [1.165, 1.54) is 12.8 Å².